The highest BCUT2D eigenvalue weighted by Gasteiger charge is 2.16. The fraction of sp³-hybridized carbons (Fsp3) is 0.444. The minimum atomic E-state index is -0.182. The molecule has 0 aromatic heterocycles. The van der Waals surface area contributed by atoms with Crippen LogP contribution in [-0.2, 0) is 0 Å². The van der Waals surface area contributed by atoms with E-state index in [1.165, 1.54) is 0 Å². The Morgan fingerprint density at radius 3 is 2.56 bits per heavy atom. The van der Waals surface area contributed by atoms with Gasteiger partial charge < -0.3 is 15.5 Å². The first-order valence-electron chi connectivity index (χ1n) is 12.1. The number of nitrogens with zero attached hydrogens (tertiary/aromatic N) is 2. The van der Waals surface area contributed by atoms with Crippen LogP contribution in [0.15, 0.2) is 47.5 Å². The van der Waals surface area contributed by atoms with Gasteiger partial charge in [0, 0.05) is 49.2 Å². The van der Waals surface area contributed by atoms with Gasteiger partial charge in [0.1, 0.15) is 0 Å². The van der Waals surface area contributed by atoms with Crippen LogP contribution >= 0.6 is 0 Å². The van der Waals surface area contributed by atoms with E-state index < -0.39 is 0 Å². The molecular formula is C27H37N5O2. The number of rotatable bonds is 8. The number of carbonyl (C=O) groups excluding carboxylic acids is 2. The predicted molar refractivity (Wildman–Crippen MR) is 139 cm³/mol. The molecule has 1 aliphatic rings. The maximum absolute atomic E-state index is 12.9. The van der Waals surface area contributed by atoms with Crippen molar-refractivity contribution in [2.24, 2.45) is 10.9 Å². The van der Waals surface area contributed by atoms with E-state index in [-0.39, 0.29) is 17.7 Å². The molecule has 0 bridgehead atoms. The van der Waals surface area contributed by atoms with Crippen LogP contribution in [0.4, 0.5) is 11.4 Å². The van der Waals surface area contributed by atoms with Crippen molar-refractivity contribution in [2.45, 2.75) is 46.5 Å². The number of hydrogen-bond donors (Lipinski definition) is 3. The number of hydrogen-bond acceptors (Lipinski definition) is 5. The molecule has 0 fully saturated rings. The maximum Gasteiger partial charge on any atom is 0.257 e. The second-order valence-electron chi connectivity index (χ2n) is 9.54. The second kappa shape index (κ2) is 11.7. The SMILES string of the molecule is CC(C)CCN(C)C(=O)c1cccc(Nc2ccc(C(=O)NC3=NCCCN3)cc2C(C)C)c1. The predicted octanol–water partition coefficient (Wildman–Crippen LogP) is 4.75. The molecule has 1 aliphatic heterocycles. The zero-order chi connectivity index (χ0) is 24.7. The molecule has 2 amide bonds. The molecule has 7 heteroatoms. The molecule has 2 aromatic carbocycles. The van der Waals surface area contributed by atoms with Gasteiger partial charge in [0.25, 0.3) is 11.8 Å². The van der Waals surface area contributed by atoms with Crippen LogP contribution in [0.2, 0.25) is 0 Å². The Labute approximate surface area is 203 Å². The van der Waals surface area contributed by atoms with Crippen molar-refractivity contribution >= 4 is 29.1 Å². The summed E-state index contributed by atoms with van der Waals surface area (Å²) in [6.07, 6.45) is 1.94. The highest BCUT2D eigenvalue weighted by Crippen LogP contribution is 2.29. The number of nitrogens with one attached hydrogen (secondary N) is 3. The lowest BCUT2D eigenvalue weighted by molar-refractivity contribution is 0.0789. The summed E-state index contributed by atoms with van der Waals surface area (Å²) in [7, 11) is 1.85. The quantitative estimate of drug-likeness (QED) is 0.527. The van der Waals surface area contributed by atoms with Crippen LogP contribution in [-0.4, -0.2) is 49.4 Å². The van der Waals surface area contributed by atoms with Crippen LogP contribution in [0.3, 0.4) is 0 Å². The van der Waals surface area contributed by atoms with Crippen molar-refractivity contribution in [3.05, 3.63) is 59.2 Å². The summed E-state index contributed by atoms with van der Waals surface area (Å²) in [6.45, 7) is 10.8. The molecule has 0 unspecified atom stereocenters. The van der Waals surface area contributed by atoms with Gasteiger partial charge in [-0.2, -0.15) is 0 Å². The highest BCUT2D eigenvalue weighted by atomic mass is 16.2. The summed E-state index contributed by atoms with van der Waals surface area (Å²) < 4.78 is 0. The number of guanidine groups is 1. The van der Waals surface area contributed by atoms with Crippen LogP contribution < -0.4 is 16.0 Å². The third-order valence-electron chi connectivity index (χ3n) is 5.84. The van der Waals surface area contributed by atoms with E-state index in [2.05, 4.69) is 48.6 Å². The largest absolute Gasteiger partial charge is 0.356 e. The van der Waals surface area contributed by atoms with Crippen LogP contribution in [0.1, 0.15) is 72.7 Å². The Bertz CT molecular complexity index is 1050. The summed E-state index contributed by atoms with van der Waals surface area (Å²) in [4.78, 5) is 31.7. The van der Waals surface area contributed by atoms with Gasteiger partial charge in [-0.3, -0.25) is 19.9 Å². The molecule has 34 heavy (non-hydrogen) atoms. The summed E-state index contributed by atoms with van der Waals surface area (Å²) >= 11 is 0. The van der Waals surface area contributed by atoms with Crippen LogP contribution in [0, 0.1) is 5.92 Å². The zero-order valence-corrected chi connectivity index (χ0v) is 20.9. The number of benzene rings is 2. The molecule has 0 saturated heterocycles. The third-order valence-corrected chi connectivity index (χ3v) is 5.84. The molecule has 3 rings (SSSR count). The normalized spacial score (nSPS) is 13.3. The van der Waals surface area contributed by atoms with Crippen molar-refractivity contribution < 1.29 is 9.59 Å². The minimum absolute atomic E-state index is 0.0136. The molecule has 0 radical (unpaired) electrons. The lowest BCUT2D eigenvalue weighted by Crippen LogP contribution is -2.43. The molecule has 0 saturated carbocycles. The zero-order valence-electron chi connectivity index (χ0n) is 20.9. The van der Waals surface area contributed by atoms with Crippen molar-refractivity contribution in [2.75, 3.05) is 32.0 Å². The van der Waals surface area contributed by atoms with Crippen molar-refractivity contribution in [1.82, 2.24) is 15.5 Å². The Morgan fingerprint density at radius 2 is 1.88 bits per heavy atom. The Morgan fingerprint density at radius 1 is 1.09 bits per heavy atom. The van der Waals surface area contributed by atoms with Gasteiger partial charge in [-0.05, 0) is 66.6 Å². The molecule has 0 spiro atoms. The summed E-state index contributed by atoms with van der Waals surface area (Å²) in [6, 6.07) is 13.2. The van der Waals surface area contributed by atoms with Crippen molar-refractivity contribution in [3.63, 3.8) is 0 Å². The lowest BCUT2D eigenvalue weighted by atomic mass is 9.98. The molecule has 0 atom stereocenters. The number of amides is 2. The standard InChI is InChI=1S/C27H37N5O2/c1-18(2)12-15-32(5)26(34)21-8-6-9-22(16-21)30-24-11-10-20(17-23(24)19(3)4)25(33)31-27-28-13-7-14-29-27/h6,8-11,16-19,30H,7,12-15H2,1-5H3,(H2,28,29,31,33). The topological polar surface area (TPSA) is 85.8 Å². The molecule has 7 nitrogen and oxygen atoms in total. The highest BCUT2D eigenvalue weighted by molar-refractivity contribution is 6.06. The van der Waals surface area contributed by atoms with Gasteiger partial charge >= 0.3 is 0 Å². The van der Waals surface area contributed by atoms with Gasteiger partial charge in [-0.15, -0.1) is 0 Å². The molecule has 182 valence electrons. The van der Waals surface area contributed by atoms with Gasteiger partial charge in [0.05, 0.1) is 0 Å². The van der Waals surface area contributed by atoms with Crippen LogP contribution in [0.25, 0.3) is 0 Å². The maximum atomic E-state index is 12.9. The number of anilines is 2. The van der Waals surface area contributed by atoms with Crippen LogP contribution in [0.5, 0.6) is 0 Å². The van der Waals surface area contributed by atoms with Gasteiger partial charge in [0.2, 0.25) is 0 Å². The summed E-state index contributed by atoms with van der Waals surface area (Å²) in [5.41, 5.74) is 4.01. The van der Waals surface area contributed by atoms with E-state index in [0.717, 1.165) is 49.4 Å². The van der Waals surface area contributed by atoms with Crippen molar-refractivity contribution in [3.8, 4) is 0 Å². The third kappa shape index (κ3) is 6.83. The van der Waals surface area contributed by atoms with E-state index in [4.69, 9.17) is 0 Å². The Hall–Kier alpha value is -3.35. The Kier molecular flexibility index (Phi) is 8.68. The average molecular weight is 464 g/mol. The fourth-order valence-corrected chi connectivity index (χ4v) is 3.75. The molecular weight excluding hydrogens is 426 g/mol. The van der Waals surface area contributed by atoms with E-state index in [9.17, 15) is 9.59 Å². The minimum Gasteiger partial charge on any atom is -0.356 e. The smallest absolute Gasteiger partial charge is 0.257 e. The molecule has 1 heterocycles. The lowest BCUT2D eigenvalue weighted by Gasteiger charge is -2.20. The fourth-order valence-electron chi connectivity index (χ4n) is 3.75. The monoisotopic (exact) mass is 463 g/mol. The second-order valence-corrected chi connectivity index (χ2v) is 9.54. The van der Waals surface area contributed by atoms with E-state index in [0.29, 0.717) is 23.0 Å². The summed E-state index contributed by atoms with van der Waals surface area (Å²) in [5, 5.41) is 9.41. The average Bonchev–Trinajstić information content (AvgIpc) is 2.82. The molecule has 0 aliphatic carbocycles. The first-order chi connectivity index (χ1) is 16.2. The molecule has 3 N–H and O–H groups in total. The number of carbonyl (C=O) groups is 2. The van der Waals surface area contributed by atoms with Gasteiger partial charge in [-0.25, -0.2) is 0 Å². The molecule has 2 aromatic rings. The first-order valence-corrected chi connectivity index (χ1v) is 12.1. The Balaban J connectivity index is 1.76. The van der Waals surface area contributed by atoms with Gasteiger partial charge in [0.15, 0.2) is 5.96 Å². The number of aliphatic imine (C=N–C) groups is 1. The van der Waals surface area contributed by atoms with E-state index in [1.807, 2.05) is 49.5 Å². The van der Waals surface area contributed by atoms with E-state index in [1.54, 1.807) is 4.90 Å². The van der Waals surface area contributed by atoms with Gasteiger partial charge in [-0.1, -0.05) is 33.8 Å². The first kappa shape index (κ1) is 25.3. The summed E-state index contributed by atoms with van der Waals surface area (Å²) in [5.74, 6) is 1.12. The van der Waals surface area contributed by atoms with E-state index >= 15 is 0 Å². The van der Waals surface area contributed by atoms with Crippen molar-refractivity contribution in [1.29, 1.82) is 0 Å².